The molecule has 0 aliphatic rings. The minimum Gasteiger partial charge on any atom is -0.308 e. The van der Waals surface area contributed by atoms with Gasteiger partial charge in [-0.15, -0.1) is 5.10 Å². The molecule has 92 valence electrons. The van der Waals surface area contributed by atoms with Gasteiger partial charge in [-0.2, -0.15) is 5.10 Å². The van der Waals surface area contributed by atoms with Crippen LogP contribution in [-0.2, 0) is 14.1 Å². The van der Waals surface area contributed by atoms with Crippen molar-refractivity contribution in [3.8, 4) is 0 Å². The molecule has 2 rings (SSSR count). The predicted octanol–water partition coefficient (Wildman–Crippen LogP) is 0.474. The highest BCUT2D eigenvalue weighted by Gasteiger charge is 2.23. The van der Waals surface area contributed by atoms with Gasteiger partial charge in [0.1, 0.15) is 0 Å². The van der Waals surface area contributed by atoms with E-state index in [4.69, 9.17) is 0 Å². The molecule has 1 atom stereocenters. The van der Waals surface area contributed by atoms with E-state index in [0.717, 1.165) is 17.1 Å². The fraction of sp³-hybridized carbons (Fsp3) is 0.545. The predicted molar refractivity (Wildman–Crippen MR) is 64.6 cm³/mol. The summed E-state index contributed by atoms with van der Waals surface area (Å²) in [5.41, 5.74) is 4.42. The van der Waals surface area contributed by atoms with Crippen molar-refractivity contribution in [3.63, 3.8) is 0 Å². The Morgan fingerprint density at radius 3 is 2.35 bits per heavy atom. The van der Waals surface area contributed by atoms with E-state index in [0.29, 0.717) is 0 Å². The Morgan fingerprint density at radius 2 is 1.94 bits per heavy atom. The standard InChI is InChI=1S/C11H18N6/c1-7-10(8(2)16(4)14-7)11(12-3)9-6-13-15-17(9)5/h6,11-12H,1-5H3. The summed E-state index contributed by atoms with van der Waals surface area (Å²) in [4.78, 5) is 0. The number of hydrogen-bond donors (Lipinski definition) is 1. The molecule has 0 amide bonds. The molecular weight excluding hydrogens is 216 g/mol. The number of rotatable bonds is 3. The summed E-state index contributed by atoms with van der Waals surface area (Å²) in [6, 6.07) is 0.0729. The minimum atomic E-state index is 0.0729. The largest absolute Gasteiger partial charge is 0.308 e. The Bertz CT molecular complexity index is 524. The fourth-order valence-electron chi connectivity index (χ4n) is 2.21. The lowest BCUT2D eigenvalue weighted by Gasteiger charge is -2.16. The average Bonchev–Trinajstić information content (AvgIpc) is 2.79. The van der Waals surface area contributed by atoms with Crippen LogP contribution in [0, 0.1) is 13.8 Å². The van der Waals surface area contributed by atoms with Gasteiger partial charge in [0.25, 0.3) is 0 Å². The monoisotopic (exact) mass is 234 g/mol. The van der Waals surface area contributed by atoms with Crippen molar-refractivity contribution in [2.45, 2.75) is 19.9 Å². The summed E-state index contributed by atoms with van der Waals surface area (Å²) in [6.45, 7) is 4.10. The topological polar surface area (TPSA) is 60.6 Å². The van der Waals surface area contributed by atoms with Crippen LogP contribution in [0.1, 0.15) is 28.7 Å². The Balaban J connectivity index is 2.53. The molecule has 2 aromatic rings. The van der Waals surface area contributed by atoms with Crippen LogP contribution in [0.2, 0.25) is 0 Å². The average molecular weight is 234 g/mol. The number of hydrogen-bond acceptors (Lipinski definition) is 4. The van der Waals surface area contributed by atoms with E-state index in [-0.39, 0.29) is 6.04 Å². The van der Waals surface area contributed by atoms with Gasteiger partial charge in [-0.1, -0.05) is 5.21 Å². The first kappa shape index (κ1) is 11.8. The summed E-state index contributed by atoms with van der Waals surface area (Å²) in [6.07, 6.45) is 1.78. The van der Waals surface area contributed by atoms with E-state index in [1.807, 2.05) is 32.7 Å². The molecule has 1 N–H and O–H groups in total. The minimum absolute atomic E-state index is 0.0729. The van der Waals surface area contributed by atoms with Gasteiger partial charge in [-0.05, 0) is 20.9 Å². The van der Waals surface area contributed by atoms with Gasteiger partial charge in [0.2, 0.25) is 0 Å². The first-order chi connectivity index (χ1) is 8.06. The molecule has 1 unspecified atom stereocenters. The Hall–Kier alpha value is -1.69. The molecule has 6 heteroatoms. The van der Waals surface area contributed by atoms with Crippen molar-refractivity contribution in [3.05, 3.63) is 28.8 Å². The molecule has 0 fully saturated rings. The molecule has 6 nitrogen and oxygen atoms in total. The Kier molecular flexibility index (Phi) is 2.97. The molecule has 2 heterocycles. The van der Waals surface area contributed by atoms with E-state index in [1.54, 1.807) is 10.9 Å². The molecule has 0 aliphatic carbocycles. The second kappa shape index (κ2) is 4.29. The summed E-state index contributed by atoms with van der Waals surface area (Å²) in [7, 11) is 5.79. The molecule has 0 bridgehead atoms. The first-order valence-electron chi connectivity index (χ1n) is 5.58. The highest BCUT2D eigenvalue weighted by Crippen LogP contribution is 2.25. The molecule has 0 saturated heterocycles. The summed E-state index contributed by atoms with van der Waals surface area (Å²) in [5, 5.41) is 15.7. The van der Waals surface area contributed by atoms with Crippen LogP contribution in [0.15, 0.2) is 6.20 Å². The lowest BCUT2D eigenvalue weighted by molar-refractivity contribution is 0.593. The maximum Gasteiger partial charge on any atom is 0.0799 e. The third-order valence-corrected chi connectivity index (χ3v) is 3.19. The fourth-order valence-corrected chi connectivity index (χ4v) is 2.21. The molecule has 2 aromatic heterocycles. The number of aromatic nitrogens is 5. The van der Waals surface area contributed by atoms with Crippen LogP contribution in [0.3, 0.4) is 0 Å². The van der Waals surface area contributed by atoms with E-state index in [2.05, 4.69) is 27.7 Å². The lowest BCUT2D eigenvalue weighted by atomic mass is 10.0. The maximum absolute atomic E-state index is 4.45. The molecule has 17 heavy (non-hydrogen) atoms. The zero-order valence-electron chi connectivity index (χ0n) is 10.9. The van der Waals surface area contributed by atoms with E-state index in [9.17, 15) is 0 Å². The van der Waals surface area contributed by atoms with Crippen molar-refractivity contribution in [2.24, 2.45) is 14.1 Å². The van der Waals surface area contributed by atoms with Gasteiger partial charge in [-0.3, -0.25) is 9.36 Å². The number of aryl methyl sites for hydroxylation is 3. The van der Waals surface area contributed by atoms with Crippen LogP contribution >= 0.6 is 0 Å². The molecule has 0 spiro atoms. The third kappa shape index (κ3) is 1.84. The van der Waals surface area contributed by atoms with Gasteiger partial charge in [0, 0.05) is 25.4 Å². The number of nitrogens with one attached hydrogen (secondary N) is 1. The van der Waals surface area contributed by atoms with Gasteiger partial charge in [0.05, 0.1) is 23.6 Å². The first-order valence-corrected chi connectivity index (χ1v) is 5.58. The van der Waals surface area contributed by atoms with Gasteiger partial charge < -0.3 is 5.32 Å². The highest BCUT2D eigenvalue weighted by molar-refractivity contribution is 5.33. The van der Waals surface area contributed by atoms with E-state index >= 15 is 0 Å². The van der Waals surface area contributed by atoms with Crippen LogP contribution in [0.4, 0.5) is 0 Å². The maximum atomic E-state index is 4.45. The summed E-state index contributed by atoms with van der Waals surface area (Å²) in [5.74, 6) is 0. The zero-order valence-corrected chi connectivity index (χ0v) is 10.9. The quantitative estimate of drug-likeness (QED) is 0.839. The highest BCUT2D eigenvalue weighted by atomic mass is 15.4. The second-order valence-electron chi connectivity index (χ2n) is 4.21. The summed E-state index contributed by atoms with van der Waals surface area (Å²) < 4.78 is 3.69. The van der Waals surface area contributed by atoms with Crippen molar-refractivity contribution in [1.82, 2.24) is 30.1 Å². The number of nitrogens with zero attached hydrogens (tertiary/aromatic N) is 5. The molecule has 0 saturated carbocycles. The zero-order chi connectivity index (χ0) is 12.6. The molecule has 0 radical (unpaired) electrons. The third-order valence-electron chi connectivity index (χ3n) is 3.19. The smallest absolute Gasteiger partial charge is 0.0799 e. The van der Waals surface area contributed by atoms with Crippen molar-refractivity contribution in [2.75, 3.05) is 7.05 Å². The Morgan fingerprint density at radius 1 is 1.24 bits per heavy atom. The molecular formula is C11H18N6. The lowest BCUT2D eigenvalue weighted by Crippen LogP contribution is -2.21. The van der Waals surface area contributed by atoms with Crippen molar-refractivity contribution < 1.29 is 0 Å². The normalized spacial score (nSPS) is 13.0. The van der Waals surface area contributed by atoms with Crippen molar-refractivity contribution >= 4 is 0 Å². The van der Waals surface area contributed by atoms with Gasteiger partial charge >= 0.3 is 0 Å². The van der Waals surface area contributed by atoms with Crippen LogP contribution in [0.5, 0.6) is 0 Å². The molecule has 0 aromatic carbocycles. The van der Waals surface area contributed by atoms with Crippen LogP contribution in [-0.4, -0.2) is 31.8 Å². The van der Waals surface area contributed by atoms with E-state index < -0.39 is 0 Å². The van der Waals surface area contributed by atoms with E-state index in [1.165, 1.54) is 5.56 Å². The van der Waals surface area contributed by atoms with Crippen molar-refractivity contribution in [1.29, 1.82) is 0 Å². The SMILES string of the molecule is CNC(c1c(C)nn(C)c1C)c1cnnn1C. The van der Waals surface area contributed by atoms with Gasteiger partial charge in [0.15, 0.2) is 0 Å². The van der Waals surface area contributed by atoms with Crippen LogP contribution in [0.25, 0.3) is 0 Å². The van der Waals surface area contributed by atoms with Crippen LogP contribution < -0.4 is 5.32 Å². The molecule has 0 aliphatic heterocycles. The second-order valence-corrected chi connectivity index (χ2v) is 4.21. The Labute approximate surface area is 101 Å². The van der Waals surface area contributed by atoms with Gasteiger partial charge in [-0.25, -0.2) is 0 Å². The summed E-state index contributed by atoms with van der Waals surface area (Å²) >= 11 is 0.